The number of hydrogen-bond acceptors (Lipinski definition) is 4. The van der Waals surface area contributed by atoms with Gasteiger partial charge in [0.2, 0.25) is 0 Å². The summed E-state index contributed by atoms with van der Waals surface area (Å²) in [5, 5.41) is 3.43. The van der Waals surface area contributed by atoms with Gasteiger partial charge in [-0.2, -0.15) is 0 Å². The lowest BCUT2D eigenvalue weighted by Crippen LogP contribution is -2.43. The molecule has 110 valence electrons. The van der Waals surface area contributed by atoms with Crippen molar-refractivity contribution in [1.29, 1.82) is 0 Å². The summed E-state index contributed by atoms with van der Waals surface area (Å²) in [5.41, 5.74) is 0. The number of rotatable bonds is 7. The second kappa shape index (κ2) is 7.25. The molecular weight excluding hydrogens is 240 g/mol. The third kappa shape index (κ3) is 5.11. The fraction of sp³-hybridized carbons (Fsp3) is 0.933. The van der Waals surface area contributed by atoms with E-state index in [0.29, 0.717) is 12.6 Å². The number of piperidine rings is 1. The molecule has 2 aliphatic rings. The van der Waals surface area contributed by atoms with E-state index < -0.39 is 0 Å². The van der Waals surface area contributed by atoms with Gasteiger partial charge in [0.05, 0.1) is 6.61 Å². The molecular formula is C15H28N2O2. The molecule has 1 saturated carbocycles. The van der Waals surface area contributed by atoms with Crippen LogP contribution in [0.25, 0.3) is 0 Å². The highest BCUT2D eigenvalue weighted by atomic mass is 16.5. The van der Waals surface area contributed by atoms with Crippen LogP contribution in [0.1, 0.15) is 46.0 Å². The molecule has 1 N–H and O–H groups in total. The Bertz CT molecular complexity index is 292. The minimum Gasteiger partial charge on any atom is -0.465 e. The number of hydrogen-bond donors (Lipinski definition) is 1. The van der Waals surface area contributed by atoms with E-state index in [1.165, 1.54) is 38.8 Å². The van der Waals surface area contributed by atoms with Crippen molar-refractivity contribution >= 4 is 5.97 Å². The smallest absolute Gasteiger partial charge is 0.323 e. The van der Waals surface area contributed by atoms with Crippen LogP contribution in [0.15, 0.2) is 0 Å². The fourth-order valence-electron chi connectivity index (χ4n) is 2.85. The summed E-state index contributed by atoms with van der Waals surface area (Å²) in [7, 11) is 0. The average molecular weight is 268 g/mol. The predicted molar refractivity (Wildman–Crippen MR) is 76.0 cm³/mol. The van der Waals surface area contributed by atoms with Gasteiger partial charge in [0.25, 0.3) is 0 Å². The standard InChI is InChI=1S/C15H28N2O2/c1-3-19-15(18)14(16-13-6-7-13)8-10-17-9-4-5-12(2)11-17/h12-14,16H,3-11H2,1-2H3. The van der Waals surface area contributed by atoms with Crippen molar-refractivity contribution in [2.75, 3.05) is 26.2 Å². The van der Waals surface area contributed by atoms with Gasteiger partial charge in [-0.1, -0.05) is 6.92 Å². The predicted octanol–water partition coefficient (Wildman–Crippen LogP) is 1.79. The zero-order valence-electron chi connectivity index (χ0n) is 12.4. The number of carbonyl (C=O) groups excluding carboxylic acids is 1. The number of carbonyl (C=O) groups is 1. The lowest BCUT2D eigenvalue weighted by Gasteiger charge is -2.31. The van der Waals surface area contributed by atoms with Crippen molar-refractivity contribution in [3.63, 3.8) is 0 Å². The number of nitrogens with one attached hydrogen (secondary N) is 1. The highest BCUT2D eigenvalue weighted by Crippen LogP contribution is 2.21. The average Bonchev–Trinajstić information content (AvgIpc) is 3.18. The second-order valence-corrected chi connectivity index (χ2v) is 6.08. The molecule has 2 fully saturated rings. The molecule has 0 aromatic heterocycles. The Morgan fingerprint density at radius 3 is 2.84 bits per heavy atom. The van der Waals surface area contributed by atoms with Crippen LogP contribution in [0.3, 0.4) is 0 Å². The van der Waals surface area contributed by atoms with Gasteiger partial charge < -0.3 is 15.0 Å². The molecule has 1 saturated heterocycles. The topological polar surface area (TPSA) is 41.6 Å². The summed E-state index contributed by atoms with van der Waals surface area (Å²) in [6.07, 6.45) is 5.93. The zero-order valence-corrected chi connectivity index (χ0v) is 12.4. The third-order valence-corrected chi connectivity index (χ3v) is 4.06. The number of nitrogens with zero attached hydrogens (tertiary/aromatic N) is 1. The molecule has 2 atom stereocenters. The Kier molecular flexibility index (Phi) is 5.64. The minimum absolute atomic E-state index is 0.0699. The van der Waals surface area contributed by atoms with Crippen molar-refractivity contribution in [1.82, 2.24) is 10.2 Å². The Labute approximate surface area is 116 Å². The van der Waals surface area contributed by atoms with E-state index in [0.717, 1.165) is 18.9 Å². The van der Waals surface area contributed by atoms with Crippen LogP contribution in [-0.2, 0) is 9.53 Å². The van der Waals surface area contributed by atoms with E-state index in [9.17, 15) is 4.79 Å². The molecule has 2 unspecified atom stereocenters. The van der Waals surface area contributed by atoms with E-state index in [2.05, 4.69) is 17.1 Å². The quantitative estimate of drug-likeness (QED) is 0.715. The van der Waals surface area contributed by atoms with Gasteiger partial charge in [0.1, 0.15) is 6.04 Å². The largest absolute Gasteiger partial charge is 0.465 e. The maximum atomic E-state index is 11.9. The van der Waals surface area contributed by atoms with E-state index in [-0.39, 0.29) is 12.0 Å². The molecule has 2 rings (SSSR count). The van der Waals surface area contributed by atoms with Gasteiger partial charge in [-0.3, -0.25) is 4.79 Å². The summed E-state index contributed by atoms with van der Waals surface area (Å²) >= 11 is 0. The van der Waals surface area contributed by atoms with Crippen LogP contribution in [0, 0.1) is 5.92 Å². The summed E-state index contributed by atoms with van der Waals surface area (Å²) in [5.74, 6) is 0.727. The van der Waals surface area contributed by atoms with Crippen LogP contribution in [0.5, 0.6) is 0 Å². The van der Waals surface area contributed by atoms with E-state index in [4.69, 9.17) is 4.74 Å². The molecule has 19 heavy (non-hydrogen) atoms. The molecule has 0 amide bonds. The Morgan fingerprint density at radius 2 is 2.21 bits per heavy atom. The molecule has 4 heteroatoms. The van der Waals surface area contributed by atoms with Crippen molar-refractivity contribution in [3.8, 4) is 0 Å². The molecule has 0 aromatic rings. The monoisotopic (exact) mass is 268 g/mol. The minimum atomic E-state index is -0.107. The van der Waals surface area contributed by atoms with Gasteiger partial charge >= 0.3 is 5.97 Å². The van der Waals surface area contributed by atoms with E-state index in [1.807, 2.05) is 6.92 Å². The third-order valence-electron chi connectivity index (χ3n) is 4.06. The van der Waals surface area contributed by atoms with Crippen molar-refractivity contribution in [2.45, 2.75) is 58.0 Å². The summed E-state index contributed by atoms with van der Waals surface area (Å²) in [6, 6.07) is 0.444. The lowest BCUT2D eigenvalue weighted by molar-refractivity contribution is -0.146. The van der Waals surface area contributed by atoms with Gasteiger partial charge in [-0.25, -0.2) is 0 Å². The molecule has 1 aliphatic heterocycles. The maximum absolute atomic E-state index is 11.9. The highest BCUT2D eigenvalue weighted by Gasteiger charge is 2.29. The molecule has 0 radical (unpaired) electrons. The van der Waals surface area contributed by atoms with Gasteiger partial charge in [0, 0.05) is 19.1 Å². The molecule has 0 bridgehead atoms. The zero-order chi connectivity index (χ0) is 13.7. The second-order valence-electron chi connectivity index (χ2n) is 6.08. The Balaban J connectivity index is 1.76. The van der Waals surface area contributed by atoms with Gasteiger partial charge in [-0.05, 0) is 51.5 Å². The molecule has 0 aromatic carbocycles. The first kappa shape index (κ1) is 14.8. The summed E-state index contributed by atoms with van der Waals surface area (Å²) < 4.78 is 5.17. The Morgan fingerprint density at radius 1 is 1.42 bits per heavy atom. The number of likely N-dealkylation sites (tertiary alicyclic amines) is 1. The summed E-state index contributed by atoms with van der Waals surface area (Å²) in [4.78, 5) is 14.4. The van der Waals surface area contributed by atoms with Crippen LogP contribution in [-0.4, -0.2) is 49.2 Å². The first-order valence-corrected chi connectivity index (χ1v) is 7.84. The normalized spacial score (nSPS) is 26.1. The highest BCUT2D eigenvalue weighted by molar-refractivity contribution is 5.75. The lowest BCUT2D eigenvalue weighted by atomic mass is 10.00. The number of ether oxygens (including phenoxy) is 1. The van der Waals surface area contributed by atoms with Crippen molar-refractivity contribution in [3.05, 3.63) is 0 Å². The van der Waals surface area contributed by atoms with Crippen LogP contribution >= 0.6 is 0 Å². The first-order chi connectivity index (χ1) is 9.19. The number of esters is 1. The van der Waals surface area contributed by atoms with Crippen LogP contribution in [0.4, 0.5) is 0 Å². The van der Waals surface area contributed by atoms with Crippen LogP contribution in [0.2, 0.25) is 0 Å². The first-order valence-electron chi connectivity index (χ1n) is 7.84. The van der Waals surface area contributed by atoms with Gasteiger partial charge in [-0.15, -0.1) is 0 Å². The fourth-order valence-corrected chi connectivity index (χ4v) is 2.85. The van der Waals surface area contributed by atoms with E-state index in [1.54, 1.807) is 0 Å². The van der Waals surface area contributed by atoms with Crippen LogP contribution < -0.4 is 5.32 Å². The van der Waals surface area contributed by atoms with Crippen molar-refractivity contribution in [2.24, 2.45) is 5.92 Å². The molecule has 4 nitrogen and oxygen atoms in total. The SMILES string of the molecule is CCOC(=O)C(CCN1CCCC(C)C1)NC1CC1. The van der Waals surface area contributed by atoms with E-state index >= 15 is 0 Å². The summed E-state index contributed by atoms with van der Waals surface area (Å²) in [6.45, 7) is 8.04. The molecule has 0 spiro atoms. The van der Waals surface area contributed by atoms with Gasteiger partial charge in [0.15, 0.2) is 0 Å². The molecule has 1 heterocycles. The molecule has 1 aliphatic carbocycles. The Hall–Kier alpha value is -0.610. The van der Waals surface area contributed by atoms with Crippen molar-refractivity contribution < 1.29 is 9.53 Å². The maximum Gasteiger partial charge on any atom is 0.323 e.